The zero-order chi connectivity index (χ0) is 21.3. The number of hydrogen-bond donors (Lipinski definition) is 2. The summed E-state index contributed by atoms with van der Waals surface area (Å²) in [4.78, 5) is 25.1. The quantitative estimate of drug-likeness (QED) is 0.657. The van der Waals surface area contributed by atoms with Gasteiger partial charge in [-0.3, -0.25) is 4.79 Å². The molecular formula is C16H20F3N3O5S. The molecule has 0 aliphatic heterocycles. The molecule has 28 heavy (non-hydrogen) atoms. The number of halogens is 3. The maximum atomic E-state index is 11.9. The number of nitrogens with zero attached hydrogens (tertiary/aromatic N) is 2. The van der Waals surface area contributed by atoms with Crippen molar-refractivity contribution in [2.45, 2.75) is 39.5 Å². The number of carboxylic acids is 1. The topological polar surface area (TPSA) is 115 Å². The molecule has 0 saturated heterocycles. The van der Waals surface area contributed by atoms with Crippen LogP contribution < -0.4 is 5.32 Å². The van der Waals surface area contributed by atoms with Crippen molar-refractivity contribution in [1.29, 1.82) is 0 Å². The second-order valence-electron chi connectivity index (χ2n) is 5.66. The fraction of sp³-hybridized carbons (Fsp3) is 0.500. The van der Waals surface area contributed by atoms with Gasteiger partial charge >= 0.3 is 12.1 Å². The molecule has 2 rings (SSSR count). The number of carboxylic acid groups (broad SMARTS) is 1. The number of alkyl halides is 3. The minimum atomic E-state index is -5.08. The summed E-state index contributed by atoms with van der Waals surface area (Å²) in [5.74, 6) is -2.50. The first-order valence-corrected chi connectivity index (χ1v) is 8.97. The molecule has 0 saturated carbocycles. The van der Waals surface area contributed by atoms with Gasteiger partial charge in [0.15, 0.2) is 11.5 Å². The number of aryl methyl sites for hydroxylation is 1. The van der Waals surface area contributed by atoms with E-state index in [4.69, 9.17) is 19.2 Å². The van der Waals surface area contributed by atoms with Gasteiger partial charge in [0.1, 0.15) is 5.69 Å². The zero-order valence-electron chi connectivity index (χ0n) is 15.4. The third kappa shape index (κ3) is 8.48. The normalized spacial score (nSPS) is 11.1. The Morgan fingerprint density at radius 1 is 1.39 bits per heavy atom. The Balaban J connectivity index is 0.000000480. The summed E-state index contributed by atoms with van der Waals surface area (Å²) in [7, 11) is 0. The van der Waals surface area contributed by atoms with E-state index in [-0.39, 0.29) is 17.7 Å². The summed E-state index contributed by atoms with van der Waals surface area (Å²) in [6, 6.07) is 1.61. The monoisotopic (exact) mass is 423 g/mol. The Bertz CT molecular complexity index is 774. The van der Waals surface area contributed by atoms with E-state index in [0.717, 1.165) is 11.4 Å². The molecule has 156 valence electrons. The number of aromatic nitrogens is 2. The van der Waals surface area contributed by atoms with Crippen molar-refractivity contribution >= 4 is 23.2 Å². The van der Waals surface area contributed by atoms with Gasteiger partial charge in [0.25, 0.3) is 5.91 Å². The second-order valence-corrected chi connectivity index (χ2v) is 6.72. The third-order valence-corrected chi connectivity index (χ3v) is 3.69. The highest BCUT2D eigenvalue weighted by Gasteiger charge is 2.38. The molecule has 2 aromatic rings. The van der Waals surface area contributed by atoms with Crippen LogP contribution in [-0.2, 0) is 9.53 Å². The van der Waals surface area contributed by atoms with Gasteiger partial charge < -0.3 is 19.7 Å². The maximum Gasteiger partial charge on any atom is 0.490 e. The van der Waals surface area contributed by atoms with E-state index in [0.29, 0.717) is 24.6 Å². The zero-order valence-corrected chi connectivity index (χ0v) is 16.2. The van der Waals surface area contributed by atoms with Crippen molar-refractivity contribution in [3.8, 4) is 11.5 Å². The highest BCUT2D eigenvalue weighted by molar-refractivity contribution is 7.09. The van der Waals surface area contributed by atoms with Crippen molar-refractivity contribution in [3.63, 3.8) is 0 Å². The molecule has 0 aliphatic carbocycles. The molecule has 0 spiro atoms. The van der Waals surface area contributed by atoms with E-state index in [2.05, 4.69) is 15.5 Å². The van der Waals surface area contributed by atoms with Crippen LogP contribution >= 0.6 is 11.3 Å². The summed E-state index contributed by atoms with van der Waals surface area (Å²) in [5, 5.41) is 16.5. The molecule has 0 aromatic carbocycles. The second kappa shape index (κ2) is 10.8. The molecular weight excluding hydrogens is 403 g/mol. The van der Waals surface area contributed by atoms with Crippen molar-refractivity contribution in [3.05, 3.63) is 22.1 Å². The summed E-state index contributed by atoms with van der Waals surface area (Å²) in [6.45, 7) is 7.05. The number of nitrogens with one attached hydrogen (secondary N) is 1. The van der Waals surface area contributed by atoms with E-state index in [1.54, 1.807) is 6.07 Å². The fourth-order valence-corrected chi connectivity index (χ4v) is 2.27. The lowest BCUT2D eigenvalue weighted by Crippen LogP contribution is -2.25. The first-order chi connectivity index (χ1) is 13.0. The van der Waals surface area contributed by atoms with Gasteiger partial charge in [-0.1, -0.05) is 5.16 Å². The van der Waals surface area contributed by atoms with E-state index < -0.39 is 12.1 Å². The van der Waals surface area contributed by atoms with Crippen molar-refractivity contribution in [2.75, 3.05) is 13.2 Å². The Hall–Kier alpha value is -2.47. The molecule has 0 aliphatic rings. The van der Waals surface area contributed by atoms with Gasteiger partial charge in [0.2, 0.25) is 0 Å². The Morgan fingerprint density at radius 3 is 2.54 bits per heavy atom. The third-order valence-electron chi connectivity index (χ3n) is 2.91. The molecule has 2 N–H and O–H groups in total. The minimum Gasteiger partial charge on any atom is -0.475 e. The number of aliphatic carboxylic acids is 1. The van der Waals surface area contributed by atoms with Crippen molar-refractivity contribution < 1.29 is 37.1 Å². The average molecular weight is 423 g/mol. The van der Waals surface area contributed by atoms with Gasteiger partial charge in [-0.25, -0.2) is 9.78 Å². The molecule has 8 nitrogen and oxygen atoms in total. The minimum absolute atomic E-state index is 0.209. The van der Waals surface area contributed by atoms with E-state index in [1.807, 2.05) is 26.2 Å². The van der Waals surface area contributed by atoms with Crippen LogP contribution in [0.1, 0.15) is 35.8 Å². The molecule has 0 unspecified atom stereocenters. The highest BCUT2D eigenvalue weighted by Crippen LogP contribution is 2.22. The largest absolute Gasteiger partial charge is 0.490 e. The van der Waals surface area contributed by atoms with Crippen LogP contribution in [0.2, 0.25) is 0 Å². The lowest BCUT2D eigenvalue weighted by molar-refractivity contribution is -0.192. The van der Waals surface area contributed by atoms with Crippen LogP contribution in [0.3, 0.4) is 0 Å². The lowest BCUT2D eigenvalue weighted by atomic mass is 10.3. The van der Waals surface area contributed by atoms with Gasteiger partial charge in [-0.2, -0.15) is 13.2 Å². The number of rotatable bonds is 7. The first kappa shape index (κ1) is 23.6. The number of ether oxygens (including phenoxy) is 1. The van der Waals surface area contributed by atoms with Crippen LogP contribution in [0.5, 0.6) is 0 Å². The molecule has 2 heterocycles. The molecule has 0 radical (unpaired) electrons. The van der Waals surface area contributed by atoms with Crippen LogP contribution in [-0.4, -0.2) is 52.6 Å². The van der Waals surface area contributed by atoms with E-state index >= 15 is 0 Å². The fourth-order valence-electron chi connectivity index (χ4n) is 1.66. The Kier molecular flexibility index (Phi) is 9.06. The van der Waals surface area contributed by atoms with Crippen LogP contribution in [0.4, 0.5) is 13.2 Å². The summed E-state index contributed by atoms with van der Waals surface area (Å²) >= 11 is 1.53. The molecule has 0 atom stereocenters. The van der Waals surface area contributed by atoms with Crippen molar-refractivity contribution in [1.82, 2.24) is 15.5 Å². The first-order valence-electron chi connectivity index (χ1n) is 8.09. The van der Waals surface area contributed by atoms with Gasteiger partial charge in [-0.05, 0) is 27.2 Å². The number of thiazole rings is 1. The number of hydrogen-bond acceptors (Lipinski definition) is 7. The average Bonchev–Trinajstić information content (AvgIpc) is 3.22. The summed E-state index contributed by atoms with van der Waals surface area (Å²) in [6.07, 6.45) is -4.11. The molecule has 1 amide bonds. The van der Waals surface area contributed by atoms with E-state index in [9.17, 15) is 18.0 Å². The summed E-state index contributed by atoms with van der Waals surface area (Å²) in [5.41, 5.74) is 0.967. The van der Waals surface area contributed by atoms with Gasteiger partial charge in [-0.15, -0.1) is 11.3 Å². The Labute approximate surface area is 162 Å². The summed E-state index contributed by atoms with van der Waals surface area (Å²) < 4.78 is 42.3. The SMILES string of the molecule is Cc1nc(-c2cc(C(=O)NCCCOC(C)C)no2)cs1.O=C(O)C(F)(F)F. The predicted molar refractivity (Wildman–Crippen MR) is 94.1 cm³/mol. The smallest absolute Gasteiger partial charge is 0.475 e. The molecule has 0 bridgehead atoms. The standard InChI is InChI=1S/C14H19N3O3S.C2HF3O2/c1-9(2)19-6-4-5-15-14(18)11-7-13(20-17-11)12-8-21-10(3)16-12;3-2(4,5)1(6)7/h7-9H,4-6H2,1-3H3,(H,15,18);(H,6,7). The van der Waals surface area contributed by atoms with Crippen LogP contribution in [0, 0.1) is 6.92 Å². The van der Waals surface area contributed by atoms with Crippen LogP contribution in [0.25, 0.3) is 11.5 Å². The van der Waals surface area contributed by atoms with Gasteiger partial charge in [0.05, 0.1) is 11.1 Å². The number of carbonyl (C=O) groups excluding carboxylic acids is 1. The molecule has 12 heteroatoms. The Morgan fingerprint density at radius 2 is 2.04 bits per heavy atom. The van der Waals surface area contributed by atoms with Gasteiger partial charge in [0, 0.05) is 24.6 Å². The highest BCUT2D eigenvalue weighted by atomic mass is 32.1. The molecule has 2 aromatic heterocycles. The van der Waals surface area contributed by atoms with E-state index in [1.165, 1.54) is 11.3 Å². The maximum absolute atomic E-state index is 11.9. The lowest BCUT2D eigenvalue weighted by Gasteiger charge is -2.07. The predicted octanol–water partition coefficient (Wildman–Crippen LogP) is 3.28. The van der Waals surface area contributed by atoms with Crippen molar-refractivity contribution in [2.24, 2.45) is 0 Å². The van der Waals surface area contributed by atoms with Crippen LogP contribution in [0.15, 0.2) is 16.0 Å². The molecule has 0 fully saturated rings. The number of amides is 1. The number of carbonyl (C=O) groups is 2.